The highest BCUT2D eigenvalue weighted by Crippen LogP contribution is 2.34. The van der Waals surface area contributed by atoms with Crippen molar-refractivity contribution in [2.45, 2.75) is 44.1 Å². The summed E-state index contributed by atoms with van der Waals surface area (Å²) in [5.41, 5.74) is 7.17. The normalized spacial score (nSPS) is 19.5. The summed E-state index contributed by atoms with van der Waals surface area (Å²) in [6.45, 7) is 0.510. The summed E-state index contributed by atoms with van der Waals surface area (Å²) in [5.74, 6) is 0.469. The van der Waals surface area contributed by atoms with Crippen LogP contribution in [0.3, 0.4) is 0 Å². The number of aliphatic hydroxyl groups is 1. The number of nitrogens with two attached hydrogens (primary N) is 1. The van der Waals surface area contributed by atoms with Gasteiger partial charge in [-0.15, -0.1) is 0 Å². The highest BCUT2D eigenvalue weighted by atomic mass is 16.3. The first-order valence-corrected chi connectivity index (χ1v) is 8.16. The van der Waals surface area contributed by atoms with E-state index in [1.165, 1.54) is 35.6 Å². The lowest BCUT2D eigenvalue weighted by molar-refractivity contribution is 0.0624. The molecular weight excluding hydrogens is 258 g/mol. The third kappa shape index (κ3) is 3.12. The van der Waals surface area contributed by atoms with E-state index in [2.05, 4.69) is 42.5 Å². The summed E-state index contributed by atoms with van der Waals surface area (Å²) in [6.07, 6.45) is 5.78. The van der Waals surface area contributed by atoms with Gasteiger partial charge in [0, 0.05) is 12.5 Å². The molecule has 0 aliphatic heterocycles. The maximum absolute atomic E-state index is 10.8. The Hall–Kier alpha value is -1.38. The summed E-state index contributed by atoms with van der Waals surface area (Å²) < 4.78 is 0. The first-order chi connectivity index (χ1) is 10.3. The van der Waals surface area contributed by atoms with Gasteiger partial charge in [0.05, 0.1) is 6.10 Å². The van der Waals surface area contributed by atoms with Gasteiger partial charge in [-0.2, -0.15) is 0 Å². The molecule has 0 amide bonds. The molecule has 0 heterocycles. The third-order valence-electron chi connectivity index (χ3n) is 5.00. The molecule has 3 rings (SSSR count). The highest BCUT2D eigenvalue weighted by molar-refractivity contribution is 5.83. The van der Waals surface area contributed by atoms with E-state index in [1.54, 1.807) is 0 Å². The molecule has 1 saturated carbocycles. The molecule has 112 valence electrons. The van der Waals surface area contributed by atoms with E-state index in [0.29, 0.717) is 12.5 Å². The van der Waals surface area contributed by atoms with E-state index >= 15 is 0 Å². The first-order valence-electron chi connectivity index (χ1n) is 8.16. The molecule has 1 unspecified atom stereocenters. The smallest absolute Gasteiger partial charge is 0.0648 e. The van der Waals surface area contributed by atoms with Crippen LogP contribution in [0, 0.1) is 5.92 Å². The first kappa shape index (κ1) is 14.6. The molecule has 0 bridgehead atoms. The van der Waals surface area contributed by atoms with Crippen molar-refractivity contribution in [2.75, 3.05) is 6.54 Å². The number of hydrogen-bond donors (Lipinski definition) is 2. The number of fused-ring (bicyclic) bond motifs is 1. The average molecular weight is 283 g/mol. The Morgan fingerprint density at radius 3 is 2.43 bits per heavy atom. The van der Waals surface area contributed by atoms with Crippen LogP contribution in [0.1, 0.15) is 43.6 Å². The Morgan fingerprint density at radius 1 is 1.00 bits per heavy atom. The molecule has 2 heteroatoms. The molecule has 3 N–H and O–H groups in total. The molecule has 1 aliphatic carbocycles. The van der Waals surface area contributed by atoms with E-state index in [-0.39, 0.29) is 12.0 Å². The lowest BCUT2D eigenvalue weighted by Gasteiger charge is -2.32. The van der Waals surface area contributed by atoms with Crippen molar-refractivity contribution >= 4 is 10.8 Å². The topological polar surface area (TPSA) is 46.2 Å². The van der Waals surface area contributed by atoms with Gasteiger partial charge in [0.25, 0.3) is 0 Å². The van der Waals surface area contributed by atoms with Crippen LogP contribution in [-0.2, 0) is 0 Å². The fourth-order valence-electron chi connectivity index (χ4n) is 3.72. The molecule has 0 radical (unpaired) electrons. The second kappa shape index (κ2) is 6.59. The monoisotopic (exact) mass is 283 g/mol. The summed E-state index contributed by atoms with van der Waals surface area (Å²) >= 11 is 0. The second-order valence-corrected chi connectivity index (χ2v) is 6.34. The van der Waals surface area contributed by atoms with Gasteiger partial charge in [0.2, 0.25) is 0 Å². The summed E-state index contributed by atoms with van der Waals surface area (Å²) in [6, 6.07) is 14.8. The molecule has 0 spiro atoms. The molecular formula is C19H25NO. The molecule has 21 heavy (non-hydrogen) atoms. The summed E-state index contributed by atoms with van der Waals surface area (Å²) in [4.78, 5) is 0. The van der Waals surface area contributed by atoms with Crippen molar-refractivity contribution in [3.05, 3.63) is 48.0 Å². The van der Waals surface area contributed by atoms with Crippen molar-refractivity contribution in [1.29, 1.82) is 0 Å². The van der Waals surface area contributed by atoms with Crippen molar-refractivity contribution in [1.82, 2.24) is 0 Å². The van der Waals surface area contributed by atoms with E-state index in [1.807, 2.05) is 0 Å². The highest BCUT2D eigenvalue weighted by Gasteiger charge is 2.29. The van der Waals surface area contributed by atoms with Gasteiger partial charge in [0.15, 0.2) is 0 Å². The third-order valence-corrected chi connectivity index (χ3v) is 5.00. The standard InChI is InChI=1S/C19H25NO/c20-13-18(19(21)15-7-2-1-3-8-15)17-11-10-14-6-4-5-9-16(14)12-17/h4-6,9-12,15,18-19,21H,1-3,7-8,13,20H2/t18-,19?/m0/s1. The zero-order valence-corrected chi connectivity index (χ0v) is 12.5. The zero-order chi connectivity index (χ0) is 14.7. The number of aliphatic hydroxyl groups excluding tert-OH is 1. The summed E-state index contributed by atoms with van der Waals surface area (Å²) in [5, 5.41) is 13.2. The van der Waals surface area contributed by atoms with Gasteiger partial charge in [-0.3, -0.25) is 0 Å². The molecule has 2 nitrogen and oxygen atoms in total. The van der Waals surface area contributed by atoms with Crippen LogP contribution in [0.2, 0.25) is 0 Å². The Balaban J connectivity index is 1.86. The average Bonchev–Trinajstić information content (AvgIpc) is 2.56. The second-order valence-electron chi connectivity index (χ2n) is 6.34. The van der Waals surface area contributed by atoms with E-state index in [9.17, 15) is 5.11 Å². The minimum absolute atomic E-state index is 0.0534. The van der Waals surface area contributed by atoms with Gasteiger partial charge in [-0.1, -0.05) is 61.7 Å². The van der Waals surface area contributed by atoms with Gasteiger partial charge >= 0.3 is 0 Å². The Morgan fingerprint density at radius 2 is 1.71 bits per heavy atom. The fourth-order valence-corrected chi connectivity index (χ4v) is 3.72. The van der Waals surface area contributed by atoms with Crippen LogP contribution < -0.4 is 5.73 Å². The SMILES string of the molecule is NC[C@@H](c1ccc2ccccc2c1)C(O)C1CCCCC1. The van der Waals surface area contributed by atoms with Crippen LogP contribution in [0.5, 0.6) is 0 Å². The minimum Gasteiger partial charge on any atom is -0.392 e. The molecule has 0 saturated heterocycles. The molecule has 2 aromatic carbocycles. The Bertz CT molecular complexity index is 589. The molecule has 2 atom stereocenters. The quantitative estimate of drug-likeness (QED) is 0.896. The van der Waals surface area contributed by atoms with Crippen LogP contribution in [0.15, 0.2) is 42.5 Å². The van der Waals surface area contributed by atoms with Gasteiger partial charge in [-0.05, 0) is 35.1 Å². The Labute approximate surface area is 127 Å². The van der Waals surface area contributed by atoms with Gasteiger partial charge in [0.1, 0.15) is 0 Å². The van der Waals surface area contributed by atoms with Crippen molar-refractivity contribution in [3.8, 4) is 0 Å². The van der Waals surface area contributed by atoms with Crippen LogP contribution in [0.25, 0.3) is 10.8 Å². The summed E-state index contributed by atoms with van der Waals surface area (Å²) in [7, 11) is 0. The van der Waals surface area contributed by atoms with Crippen LogP contribution in [0.4, 0.5) is 0 Å². The van der Waals surface area contributed by atoms with E-state index in [4.69, 9.17) is 5.73 Å². The maximum Gasteiger partial charge on any atom is 0.0648 e. The number of benzene rings is 2. The number of rotatable bonds is 4. The lowest BCUT2D eigenvalue weighted by Crippen LogP contribution is -2.33. The predicted octanol–water partition coefficient (Wildman–Crippen LogP) is 3.82. The van der Waals surface area contributed by atoms with Gasteiger partial charge < -0.3 is 10.8 Å². The fraction of sp³-hybridized carbons (Fsp3) is 0.474. The van der Waals surface area contributed by atoms with Crippen molar-refractivity contribution < 1.29 is 5.11 Å². The van der Waals surface area contributed by atoms with E-state index in [0.717, 1.165) is 12.8 Å². The molecule has 2 aromatic rings. The largest absolute Gasteiger partial charge is 0.392 e. The lowest BCUT2D eigenvalue weighted by atomic mass is 9.78. The van der Waals surface area contributed by atoms with Gasteiger partial charge in [-0.25, -0.2) is 0 Å². The minimum atomic E-state index is -0.309. The van der Waals surface area contributed by atoms with Crippen molar-refractivity contribution in [2.24, 2.45) is 11.7 Å². The molecule has 1 fully saturated rings. The van der Waals surface area contributed by atoms with Crippen LogP contribution >= 0.6 is 0 Å². The predicted molar refractivity (Wildman–Crippen MR) is 88.3 cm³/mol. The maximum atomic E-state index is 10.8. The van der Waals surface area contributed by atoms with E-state index < -0.39 is 0 Å². The number of hydrogen-bond acceptors (Lipinski definition) is 2. The molecule has 1 aliphatic rings. The van der Waals surface area contributed by atoms with Crippen LogP contribution in [-0.4, -0.2) is 17.8 Å². The zero-order valence-electron chi connectivity index (χ0n) is 12.5. The Kier molecular flexibility index (Phi) is 4.57. The molecule has 0 aromatic heterocycles. The van der Waals surface area contributed by atoms with Crippen molar-refractivity contribution in [3.63, 3.8) is 0 Å².